The maximum absolute atomic E-state index is 11.5. The Bertz CT molecular complexity index is 584. The molecule has 0 aliphatic carbocycles. The van der Waals surface area contributed by atoms with Crippen molar-refractivity contribution in [2.45, 2.75) is 26.2 Å². The third-order valence-electron chi connectivity index (χ3n) is 2.91. The summed E-state index contributed by atoms with van der Waals surface area (Å²) in [5.41, 5.74) is 1.19. The van der Waals surface area contributed by atoms with E-state index in [1.807, 2.05) is 12.1 Å². The van der Waals surface area contributed by atoms with Crippen LogP contribution < -0.4 is 10.4 Å². The van der Waals surface area contributed by atoms with Crippen molar-refractivity contribution in [3.05, 3.63) is 46.7 Å². The molecule has 0 aliphatic rings. The van der Waals surface area contributed by atoms with Crippen LogP contribution in [0, 0.1) is 6.42 Å². The molecule has 1 aromatic carbocycles. The maximum Gasteiger partial charge on any atom is 0.336 e. The fourth-order valence-electron chi connectivity index (χ4n) is 1.93. The lowest BCUT2D eigenvalue weighted by Crippen LogP contribution is -2.00. The van der Waals surface area contributed by atoms with Crippen molar-refractivity contribution >= 4 is 11.0 Å². The van der Waals surface area contributed by atoms with E-state index < -0.39 is 0 Å². The molecule has 2 rings (SSSR count). The zero-order valence-corrected chi connectivity index (χ0v) is 10.7. The average Bonchev–Trinajstić information content (AvgIpc) is 2.38. The summed E-state index contributed by atoms with van der Waals surface area (Å²) in [6.45, 7) is 2.15. The van der Waals surface area contributed by atoms with Crippen LogP contribution in [0.3, 0.4) is 0 Å². The van der Waals surface area contributed by atoms with Gasteiger partial charge < -0.3 is 9.15 Å². The molecule has 1 radical (unpaired) electrons. The van der Waals surface area contributed by atoms with Gasteiger partial charge in [0.15, 0.2) is 0 Å². The van der Waals surface area contributed by atoms with E-state index in [1.165, 1.54) is 0 Å². The Balaban J connectivity index is 2.42. The minimum absolute atomic E-state index is 0.321. The van der Waals surface area contributed by atoms with Gasteiger partial charge >= 0.3 is 5.63 Å². The van der Waals surface area contributed by atoms with Crippen molar-refractivity contribution in [2.75, 3.05) is 7.11 Å². The van der Waals surface area contributed by atoms with Gasteiger partial charge in [-0.2, -0.15) is 0 Å². The zero-order chi connectivity index (χ0) is 13.0. The van der Waals surface area contributed by atoms with Crippen molar-refractivity contribution in [1.29, 1.82) is 0 Å². The summed E-state index contributed by atoms with van der Waals surface area (Å²) in [4.78, 5) is 11.5. The molecule has 0 saturated heterocycles. The summed E-state index contributed by atoms with van der Waals surface area (Å²) in [6.07, 6.45) is 5.33. The first kappa shape index (κ1) is 12.7. The lowest BCUT2D eigenvalue weighted by atomic mass is 10.0. The third kappa shape index (κ3) is 2.73. The fourth-order valence-corrected chi connectivity index (χ4v) is 1.93. The van der Waals surface area contributed by atoms with E-state index in [2.05, 4.69) is 13.3 Å². The van der Waals surface area contributed by atoms with E-state index in [-0.39, 0.29) is 5.63 Å². The first-order valence-electron chi connectivity index (χ1n) is 6.19. The molecule has 0 unspecified atom stereocenters. The summed E-state index contributed by atoms with van der Waals surface area (Å²) in [5, 5.41) is 0.950. The van der Waals surface area contributed by atoms with Gasteiger partial charge in [0.25, 0.3) is 0 Å². The van der Waals surface area contributed by atoms with E-state index >= 15 is 0 Å². The number of methoxy groups -OCH3 is 1. The Morgan fingerprint density at radius 1 is 1.33 bits per heavy atom. The van der Waals surface area contributed by atoms with E-state index in [0.29, 0.717) is 11.3 Å². The van der Waals surface area contributed by atoms with Gasteiger partial charge in [-0.1, -0.05) is 19.8 Å². The van der Waals surface area contributed by atoms with Gasteiger partial charge in [0.05, 0.1) is 7.11 Å². The summed E-state index contributed by atoms with van der Waals surface area (Å²) in [5.74, 6) is 0.691. The molecule has 1 heterocycles. The summed E-state index contributed by atoms with van der Waals surface area (Å²) in [6, 6.07) is 7.09. The number of unbranched alkanes of at least 4 members (excludes halogenated alkanes) is 2. The molecular formula is C15H17O3. The second-order valence-corrected chi connectivity index (χ2v) is 4.23. The van der Waals surface area contributed by atoms with Crippen LogP contribution in [-0.4, -0.2) is 7.11 Å². The highest BCUT2D eigenvalue weighted by Crippen LogP contribution is 2.24. The summed E-state index contributed by atoms with van der Waals surface area (Å²) >= 11 is 0. The molecule has 0 fully saturated rings. The van der Waals surface area contributed by atoms with Crippen LogP contribution in [0.25, 0.3) is 11.0 Å². The van der Waals surface area contributed by atoms with Crippen LogP contribution in [0.1, 0.15) is 31.7 Å². The molecule has 1 aromatic heterocycles. The Morgan fingerprint density at radius 2 is 2.17 bits per heavy atom. The number of rotatable bonds is 5. The molecule has 0 bridgehead atoms. The average molecular weight is 245 g/mol. The predicted molar refractivity (Wildman–Crippen MR) is 72.0 cm³/mol. The minimum atomic E-state index is -0.321. The molecule has 18 heavy (non-hydrogen) atoms. The topological polar surface area (TPSA) is 39.4 Å². The normalized spacial score (nSPS) is 10.8. The lowest BCUT2D eigenvalue weighted by molar-refractivity contribution is 0.414. The second kappa shape index (κ2) is 5.71. The Kier molecular flexibility index (Phi) is 4.03. The van der Waals surface area contributed by atoms with Crippen LogP contribution in [0.4, 0.5) is 0 Å². The molecule has 0 amide bonds. The lowest BCUT2D eigenvalue weighted by Gasteiger charge is -2.06. The van der Waals surface area contributed by atoms with Crippen molar-refractivity contribution in [1.82, 2.24) is 0 Å². The minimum Gasteiger partial charge on any atom is -0.497 e. The fraction of sp³-hybridized carbons (Fsp3) is 0.333. The van der Waals surface area contributed by atoms with Gasteiger partial charge in [0.1, 0.15) is 11.3 Å². The van der Waals surface area contributed by atoms with Crippen LogP contribution in [0.2, 0.25) is 0 Å². The van der Waals surface area contributed by atoms with Crippen molar-refractivity contribution in [2.24, 2.45) is 0 Å². The quantitative estimate of drug-likeness (QED) is 0.597. The highest BCUT2D eigenvalue weighted by atomic mass is 16.5. The van der Waals surface area contributed by atoms with E-state index in [9.17, 15) is 4.79 Å². The van der Waals surface area contributed by atoms with Gasteiger partial charge in [0, 0.05) is 17.5 Å². The van der Waals surface area contributed by atoms with Crippen LogP contribution in [0.5, 0.6) is 5.75 Å². The molecule has 95 valence electrons. The van der Waals surface area contributed by atoms with Gasteiger partial charge in [-0.15, -0.1) is 0 Å². The number of hydrogen-bond acceptors (Lipinski definition) is 3. The van der Waals surface area contributed by atoms with Gasteiger partial charge in [-0.3, -0.25) is 0 Å². The first-order valence-corrected chi connectivity index (χ1v) is 6.19. The number of benzene rings is 1. The first-order chi connectivity index (χ1) is 8.74. The SMILES string of the molecule is CCCC[CH]c1cc(=O)oc2cc(OC)ccc12. The molecule has 0 atom stereocenters. The monoisotopic (exact) mass is 245 g/mol. The molecule has 0 spiro atoms. The molecule has 0 saturated carbocycles. The van der Waals surface area contributed by atoms with Crippen molar-refractivity contribution in [3.63, 3.8) is 0 Å². The van der Waals surface area contributed by atoms with Crippen LogP contribution in [-0.2, 0) is 0 Å². The Hall–Kier alpha value is -1.77. The van der Waals surface area contributed by atoms with Crippen molar-refractivity contribution < 1.29 is 9.15 Å². The third-order valence-corrected chi connectivity index (χ3v) is 2.91. The van der Waals surface area contributed by atoms with Crippen LogP contribution >= 0.6 is 0 Å². The van der Waals surface area contributed by atoms with Crippen LogP contribution in [0.15, 0.2) is 33.5 Å². The molecular weight excluding hydrogens is 228 g/mol. The predicted octanol–water partition coefficient (Wildman–Crippen LogP) is 3.54. The van der Waals surface area contributed by atoms with Crippen molar-refractivity contribution in [3.8, 4) is 5.75 Å². The van der Waals surface area contributed by atoms with Gasteiger partial charge in [0.2, 0.25) is 0 Å². The zero-order valence-electron chi connectivity index (χ0n) is 10.7. The number of fused-ring (bicyclic) bond motifs is 1. The largest absolute Gasteiger partial charge is 0.497 e. The highest BCUT2D eigenvalue weighted by Gasteiger charge is 2.06. The van der Waals surface area contributed by atoms with E-state index in [1.54, 1.807) is 19.2 Å². The van der Waals surface area contributed by atoms with Gasteiger partial charge in [-0.25, -0.2) is 4.79 Å². The summed E-state index contributed by atoms with van der Waals surface area (Å²) in [7, 11) is 1.59. The Labute approximate surface area is 106 Å². The standard InChI is InChI=1S/C15H17O3/c1-3-4-5-6-11-9-15(16)18-14-10-12(17-2)7-8-13(11)14/h6-10H,3-5H2,1-2H3. The number of hydrogen-bond donors (Lipinski definition) is 0. The van der Waals surface area contributed by atoms with Gasteiger partial charge in [-0.05, 0) is 30.5 Å². The Morgan fingerprint density at radius 3 is 2.89 bits per heavy atom. The molecule has 0 N–H and O–H groups in total. The summed E-state index contributed by atoms with van der Waals surface area (Å²) < 4.78 is 10.3. The molecule has 3 heteroatoms. The molecule has 3 nitrogen and oxygen atoms in total. The molecule has 0 aliphatic heterocycles. The maximum atomic E-state index is 11.5. The molecule has 2 aromatic rings. The van der Waals surface area contributed by atoms with E-state index in [0.717, 1.165) is 30.2 Å². The smallest absolute Gasteiger partial charge is 0.336 e. The second-order valence-electron chi connectivity index (χ2n) is 4.23. The number of ether oxygens (including phenoxy) is 1. The highest BCUT2D eigenvalue weighted by molar-refractivity contribution is 5.82. The van der Waals surface area contributed by atoms with E-state index in [4.69, 9.17) is 9.15 Å².